The van der Waals surface area contributed by atoms with Gasteiger partial charge in [0.15, 0.2) is 11.1 Å². The first-order valence-corrected chi connectivity index (χ1v) is 11.6. The number of carbonyl (C=O) groups excluding carboxylic acids is 2. The van der Waals surface area contributed by atoms with E-state index in [1.54, 1.807) is 49.4 Å². The second-order valence-electron chi connectivity index (χ2n) is 8.19. The fourth-order valence-electron chi connectivity index (χ4n) is 3.95. The van der Waals surface area contributed by atoms with Crippen molar-refractivity contribution >= 4 is 29.4 Å². The summed E-state index contributed by atoms with van der Waals surface area (Å²) in [5.74, 6) is 0.0977. The molecule has 0 amide bonds. The summed E-state index contributed by atoms with van der Waals surface area (Å²) in [6, 6.07) is 30.2. The Morgan fingerprint density at radius 3 is 2.17 bits per heavy atom. The van der Waals surface area contributed by atoms with E-state index in [1.807, 2.05) is 60.7 Å². The molecule has 0 fully saturated rings. The van der Waals surface area contributed by atoms with Crippen molar-refractivity contribution in [3.8, 4) is 22.6 Å². The Balaban J connectivity index is 1.35. The maximum absolute atomic E-state index is 12.9. The average molecular weight is 481 g/mol. The van der Waals surface area contributed by atoms with Gasteiger partial charge in [0.1, 0.15) is 11.5 Å². The molecule has 35 heavy (non-hydrogen) atoms. The second-order valence-corrected chi connectivity index (χ2v) is 8.62. The van der Waals surface area contributed by atoms with Crippen LogP contribution in [0.5, 0.6) is 11.5 Å². The zero-order chi connectivity index (χ0) is 24.4. The van der Waals surface area contributed by atoms with Gasteiger partial charge in [0, 0.05) is 5.56 Å². The molecule has 0 spiro atoms. The van der Waals surface area contributed by atoms with Crippen molar-refractivity contribution in [2.24, 2.45) is 0 Å². The summed E-state index contributed by atoms with van der Waals surface area (Å²) < 4.78 is 11.5. The summed E-state index contributed by atoms with van der Waals surface area (Å²) in [7, 11) is 0. The van der Waals surface area contributed by atoms with Gasteiger partial charge in [0.2, 0.25) is 5.78 Å². The molecule has 0 radical (unpaired) electrons. The lowest BCUT2D eigenvalue weighted by molar-refractivity contribution is -0.134. The summed E-state index contributed by atoms with van der Waals surface area (Å²) in [5.41, 5.74) is 4.69. The van der Waals surface area contributed by atoms with Crippen LogP contribution in [0.25, 0.3) is 17.2 Å². The van der Waals surface area contributed by atoms with Gasteiger partial charge in [0.05, 0.1) is 5.56 Å². The van der Waals surface area contributed by atoms with Crippen LogP contribution in [0.2, 0.25) is 0 Å². The predicted octanol–water partition coefficient (Wildman–Crippen LogP) is 7.16. The molecular weight excluding hydrogens is 460 g/mol. The Bertz CT molecular complexity index is 1420. The highest BCUT2D eigenvalue weighted by molar-refractivity contribution is 6.30. The van der Waals surface area contributed by atoms with Gasteiger partial charge in [0.25, 0.3) is 0 Å². The molecule has 1 atom stereocenters. The van der Waals surface area contributed by atoms with Crippen molar-refractivity contribution in [1.29, 1.82) is 0 Å². The molecule has 1 aliphatic heterocycles. The Morgan fingerprint density at radius 2 is 1.49 bits per heavy atom. The van der Waals surface area contributed by atoms with Gasteiger partial charge in [-0.05, 0) is 47.4 Å². The molecule has 5 rings (SSSR count). The minimum atomic E-state index is -0.944. The van der Waals surface area contributed by atoms with Gasteiger partial charge in [-0.3, -0.25) is 4.79 Å². The van der Waals surface area contributed by atoms with Crippen LogP contribution in [0, 0.1) is 6.92 Å². The lowest BCUT2D eigenvalue weighted by Crippen LogP contribution is -2.15. The molecule has 0 saturated carbocycles. The van der Waals surface area contributed by atoms with E-state index in [4.69, 9.17) is 21.1 Å². The Hall–Kier alpha value is -4.15. The van der Waals surface area contributed by atoms with Gasteiger partial charge >= 0.3 is 5.97 Å². The van der Waals surface area contributed by atoms with E-state index in [1.165, 1.54) is 0 Å². The van der Waals surface area contributed by atoms with E-state index in [2.05, 4.69) is 0 Å². The third-order valence-electron chi connectivity index (χ3n) is 5.86. The molecule has 4 aromatic rings. The number of alkyl halides is 1. The SMILES string of the molecule is Cc1c(OC(=O)C(Cl)c2ccccc2)ccc2c1O/C(=C\c1ccc(-c3ccccc3)cc1)C2=O. The zero-order valence-corrected chi connectivity index (χ0v) is 19.7. The fraction of sp³-hybridized carbons (Fsp3) is 0.0667. The number of halogens is 1. The van der Waals surface area contributed by atoms with E-state index in [9.17, 15) is 9.59 Å². The molecule has 1 aliphatic rings. The zero-order valence-electron chi connectivity index (χ0n) is 18.9. The topological polar surface area (TPSA) is 52.6 Å². The first-order chi connectivity index (χ1) is 17.0. The number of allylic oxidation sites excluding steroid dienone is 1. The van der Waals surface area contributed by atoms with E-state index < -0.39 is 11.3 Å². The smallest absolute Gasteiger partial charge is 0.334 e. The lowest BCUT2D eigenvalue weighted by Gasteiger charge is -2.13. The van der Waals surface area contributed by atoms with Crippen molar-refractivity contribution < 1.29 is 19.1 Å². The largest absolute Gasteiger partial charge is 0.452 e. The van der Waals surface area contributed by atoms with Gasteiger partial charge in [-0.2, -0.15) is 0 Å². The molecule has 0 saturated heterocycles. The third-order valence-corrected chi connectivity index (χ3v) is 6.29. The molecule has 0 N–H and O–H groups in total. The molecule has 172 valence electrons. The highest BCUT2D eigenvalue weighted by atomic mass is 35.5. The summed E-state index contributed by atoms with van der Waals surface area (Å²) in [6.07, 6.45) is 1.71. The number of ketones is 1. The van der Waals surface area contributed by atoms with Gasteiger partial charge in [-0.1, -0.05) is 84.9 Å². The van der Waals surface area contributed by atoms with Crippen LogP contribution in [0.15, 0.2) is 103 Å². The number of ether oxygens (including phenoxy) is 2. The minimum Gasteiger partial charge on any atom is -0.452 e. The normalized spacial score (nSPS) is 14.3. The number of hydrogen-bond donors (Lipinski definition) is 0. The van der Waals surface area contributed by atoms with Crippen LogP contribution < -0.4 is 9.47 Å². The van der Waals surface area contributed by atoms with Crippen LogP contribution in [-0.2, 0) is 4.79 Å². The highest BCUT2D eigenvalue weighted by Crippen LogP contribution is 2.40. The maximum Gasteiger partial charge on any atom is 0.334 e. The fourth-order valence-corrected chi connectivity index (χ4v) is 4.14. The molecule has 0 aliphatic carbocycles. The minimum absolute atomic E-state index is 0.215. The Morgan fingerprint density at radius 1 is 0.857 bits per heavy atom. The van der Waals surface area contributed by atoms with Crippen LogP contribution in [0.1, 0.15) is 32.4 Å². The number of benzene rings is 4. The number of esters is 1. The monoisotopic (exact) mass is 480 g/mol. The number of rotatable bonds is 5. The average Bonchev–Trinajstić information content (AvgIpc) is 3.22. The van der Waals surface area contributed by atoms with Crippen LogP contribution in [0.3, 0.4) is 0 Å². The second kappa shape index (κ2) is 9.61. The van der Waals surface area contributed by atoms with Gasteiger partial charge in [-0.15, -0.1) is 11.6 Å². The molecule has 1 unspecified atom stereocenters. The summed E-state index contributed by atoms with van der Waals surface area (Å²) in [5, 5.41) is -0.944. The summed E-state index contributed by atoms with van der Waals surface area (Å²) in [4.78, 5) is 25.5. The standard InChI is InChI=1S/C30H21ClO4/c1-19-25(35-30(33)27(31)23-10-6-3-7-11-23)17-16-24-28(32)26(34-29(19)24)18-20-12-14-22(15-13-20)21-8-4-2-5-9-21/h2-18,27H,1H3/b26-18-. The Kier molecular flexibility index (Phi) is 6.21. The van der Waals surface area contributed by atoms with Crippen molar-refractivity contribution in [3.63, 3.8) is 0 Å². The number of carbonyl (C=O) groups is 2. The summed E-state index contributed by atoms with van der Waals surface area (Å²) in [6.45, 7) is 1.75. The highest BCUT2D eigenvalue weighted by Gasteiger charge is 2.31. The number of fused-ring (bicyclic) bond motifs is 1. The predicted molar refractivity (Wildman–Crippen MR) is 137 cm³/mol. The molecule has 1 heterocycles. The Labute approximate surface area is 208 Å². The number of hydrogen-bond acceptors (Lipinski definition) is 4. The molecular formula is C30H21ClO4. The summed E-state index contributed by atoms with van der Waals surface area (Å²) >= 11 is 6.29. The first-order valence-electron chi connectivity index (χ1n) is 11.2. The van der Waals surface area contributed by atoms with Crippen LogP contribution in [0.4, 0.5) is 0 Å². The number of Topliss-reactive ketones (excluding diaryl/α,β-unsaturated/α-hetero) is 1. The quantitative estimate of drug-likeness (QED) is 0.131. The van der Waals surface area contributed by atoms with Gasteiger partial charge in [-0.25, -0.2) is 4.79 Å². The van der Waals surface area contributed by atoms with E-state index in [0.29, 0.717) is 28.2 Å². The molecule has 5 heteroatoms. The van der Waals surface area contributed by atoms with E-state index in [0.717, 1.165) is 16.7 Å². The van der Waals surface area contributed by atoms with E-state index in [-0.39, 0.29) is 11.5 Å². The van der Waals surface area contributed by atoms with Crippen molar-refractivity contribution in [2.45, 2.75) is 12.3 Å². The van der Waals surface area contributed by atoms with Crippen molar-refractivity contribution in [3.05, 3.63) is 125 Å². The molecule has 4 aromatic carbocycles. The maximum atomic E-state index is 12.9. The van der Waals surface area contributed by atoms with Crippen LogP contribution >= 0.6 is 11.6 Å². The molecule has 0 bridgehead atoms. The lowest BCUT2D eigenvalue weighted by atomic mass is 10.0. The third kappa shape index (κ3) is 4.61. The van der Waals surface area contributed by atoms with E-state index >= 15 is 0 Å². The van der Waals surface area contributed by atoms with Gasteiger partial charge < -0.3 is 9.47 Å². The molecule has 4 nitrogen and oxygen atoms in total. The first kappa shape index (κ1) is 22.6. The molecule has 0 aromatic heterocycles. The van der Waals surface area contributed by atoms with Crippen molar-refractivity contribution in [2.75, 3.05) is 0 Å². The van der Waals surface area contributed by atoms with Crippen molar-refractivity contribution in [1.82, 2.24) is 0 Å². The van der Waals surface area contributed by atoms with Crippen LogP contribution in [-0.4, -0.2) is 11.8 Å².